The number of nitrogens with zero attached hydrogens (tertiary/aromatic N) is 3. The molecule has 0 radical (unpaired) electrons. The number of aromatic hydroxyl groups is 1. The van der Waals surface area contributed by atoms with E-state index in [-0.39, 0.29) is 11.3 Å². The van der Waals surface area contributed by atoms with Crippen LogP contribution in [0.25, 0.3) is 22.3 Å². The summed E-state index contributed by atoms with van der Waals surface area (Å²) in [5.74, 6) is -0.0328. The van der Waals surface area contributed by atoms with Crippen molar-refractivity contribution >= 4 is 23.0 Å². The Balaban J connectivity index is 1.72. The van der Waals surface area contributed by atoms with E-state index < -0.39 is 11.9 Å². The van der Waals surface area contributed by atoms with Crippen LogP contribution in [0.2, 0.25) is 0 Å². The molecule has 31 heavy (non-hydrogen) atoms. The topological polar surface area (TPSA) is 96.6 Å². The van der Waals surface area contributed by atoms with E-state index >= 15 is 0 Å². The molecule has 0 saturated carbocycles. The van der Waals surface area contributed by atoms with Crippen LogP contribution in [0.1, 0.15) is 18.5 Å². The molecule has 4 rings (SSSR count). The molecule has 0 bridgehead atoms. The van der Waals surface area contributed by atoms with E-state index in [9.17, 15) is 14.7 Å². The van der Waals surface area contributed by atoms with Gasteiger partial charge in [-0.3, -0.25) is 14.2 Å². The number of phenols is 1. The number of fused-ring (bicyclic) bond motifs is 1. The van der Waals surface area contributed by atoms with Crippen LogP contribution in [0.5, 0.6) is 5.75 Å². The smallest absolute Gasteiger partial charge is 0.263 e. The molecule has 1 amide bonds. The minimum atomic E-state index is -0.874. The molecule has 0 aliphatic carbocycles. The summed E-state index contributed by atoms with van der Waals surface area (Å²) in [4.78, 5) is 30.8. The van der Waals surface area contributed by atoms with E-state index in [1.54, 1.807) is 43.3 Å². The number of para-hydroxylation sites is 2. The van der Waals surface area contributed by atoms with Gasteiger partial charge >= 0.3 is 0 Å². The maximum Gasteiger partial charge on any atom is 0.263 e. The number of benzene rings is 3. The Morgan fingerprint density at radius 3 is 2.48 bits per heavy atom. The monoisotopic (exact) mass is 412 g/mol. The van der Waals surface area contributed by atoms with E-state index in [0.717, 1.165) is 5.56 Å². The Hall–Kier alpha value is -4.26. The summed E-state index contributed by atoms with van der Waals surface area (Å²) in [6.45, 7) is 1.62. The second kappa shape index (κ2) is 8.62. The quantitative estimate of drug-likeness (QED) is 0.387. The highest BCUT2D eigenvalue weighted by Crippen LogP contribution is 2.22. The number of carbonyl (C=O) groups excluding carboxylic acids is 1. The van der Waals surface area contributed by atoms with Crippen LogP contribution in [0.4, 0.5) is 0 Å². The molecule has 3 aromatic carbocycles. The van der Waals surface area contributed by atoms with Crippen LogP contribution in [-0.2, 0) is 4.79 Å². The summed E-state index contributed by atoms with van der Waals surface area (Å²) in [6, 6.07) is 22.1. The molecule has 1 aromatic heterocycles. The van der Waals surface area contributed by atoms with Crippen molar-refractivity contribution in [2.45, 2.75) is 13.0 Å². The second-order valence-electron chi connectivity index (χ2n) is 6.96. The molecule has 0 aliphatic heterocycles. The van der Waals surface area contributed by atoms with Crippen molar-refractivity contribution in [2.24, 2.45) is 5.10 Å². The van der Waals surface area contributed by atoms with Crippen molar-refractivity contribution in [3.63, 3.8) is 0 Å². The summed E-state index contributed by atoms with van der Waals surface area (Å²) >= 11 is 0. The first-order chi connectivity index (χ1) is 15.1. The Labute approximate surface area is 178 Å². The molecular weight excluding hydrogens is 392 g/mol. The highest BCUT2D eigenvalue weighted by Gasteiger charge is 2.22. The minimum absolute atomic E-state index is 0.0508. The van der Waals surface area contributed by atoms with Crippen molar-refractivity contribution < 1.29 is 9.90 Å². The third kappa shape index (κ3) is 4.06. The fourth-order valence-corrected chi connectivity index (χ4v) is 3.27. The Morgan fingerprint density at radius 2 is 1.71 bits per heavy atom. The van der Waals surface area contributed by atoms with E-state index in [1.165, 1.54) is 16.8 Å². The van der Waals surface area contributed by atoms with Crippen molar-refractivity contribution in [3.05, 3.63) is 94.8 Å². The van der Waals surface area contributed by atoms with Gasteiger partial charge in [0, 0.05) is 11.1 Å². The Kier molecular flexibility index (Phi) is 5.57. The molecule has 0 spiro atoms. The standard InChI is InChI=1S/C24H20N4O3/c1-16(23(30)27-25-15-18-11-5-8-14-21(18)29)28-22(17-9-3-2-4-10-17)26-20-13-7-6-12-19(20)24(28)31/h2-16,29H,1H3,(H,27,30)/t16-/m1/s1. The summed E-state index contributed by atoms with van der Waals surface area (Å²) in [6.07, 6.45) is 1.35. The van der Waals surface area contributed by atoms with Crippen LogP contribution in [0, 0.1) is 0 Å². The zero-order valence-electron chi connectivity index (χ0n) is 16.8. The van der Waals surface area contributed by atoms with Crippen molar-refractivity contribution in [1.82, 2.24) is 15.0 Å². The van der Waals surface area contributed by atoms with E-state index in [1.807, 2.05) is 36.4 Å². The molecule has 1 heterocycles. The Morgan fingerprint density at radius 1 is 1.03 bits per heavy atom. The van der Waals surface area contributed by atoms with E-state index in [2.05, 4.69) is 15.5 Å². The summed E-state index contributed by atoms with van der Waals surface area (Å²) < 4.78 is 1.38. The first kappa shape index (κ1) is 20.0. The van der Waals surface area contributed by atoms with Gasteiger partial charge in [-0.1, -0.05) is 54.6 Å². The third-order valence-electron chi connectivity index (χ3n) is 4.92. The predicted molar refractivity (Wildman–Crippen MR) is 120 cm³/mol. The molecule has 4 aromatic rings. The highest BCUT2D eigenvalue weighted by molar-refractivity contribution is 5.87. The van der Waals surface area contributed by atoms with Crippen molar-refractivity contribution in [3.8, 4) is 17.1 Å². The first-order valence-electron chi connectivity index (χ1n) is 9.74. The van der Waals surface area contributed by atoms with Crippen LogP contribution >= 0.6 is 0 Å². The van der Waals surface area contributed by atoms with Gasteiger partial charge in [0.05, 0.1) is 17.1 Å². The number of aromatic nitrogens is 2. The molecule has 0 aliphatic rings. The number of carbonyl (C=O) groups is 1. The predicted octanol–water partition coefficient (Wildman–Crippen LogP) is 3.48. The van der Waals surface area contributed by atoms with Gasteiger partial charge in [-0.25, -0.2) is 10.4 Å². The average molecular weight is 412 g/mol. The number of nitrogens with one attached hydrogen (secondary N) is 1. The SMILES string of the molecule is C[C@H](C(=O)NN=Cc1ccccc1O)n1c(-c2ccccc2)nc2ccccc2c1=O. The summed E-state index contributed by atoms with van der Waals surface area (Å²) in [7, 11) is 0. The van der Waals surface area contributed by atoms with E-state index in [0.29, 0.717) is 22.3 Å². The maximum atomic E-state index is 13.3. The van der Waals surface area contributed by atoms with Gasteiger partial charge in [-0.15, -0.1) is 0 Å². The van der Waals surface area contributed by atoms with Crippen LogP contribution in [0.3, 0.4) is 0 Å². The highest BCUT2D eigenvalue weighted by atomic mass is 16.3. The van der Waals surface area contributed by atoms with Crippen LogP contribution in [0.15, 0.2) is 88.8 Å². The van der Waals surface area contributed by atoms with Gasteiger partial charge < -0.3 is 5.11 Å². The largest absolute Gasteiger partial charge is 0.507 e. The maximum absolute atomic E-state index is 13.3. The molecule has 0 unspecified atom stereocenters. The third-order valence-corrected chi connectivity index (χ3v) is 4.92. The summed E-state index contributed by atoms with van der Waals surface area (Å²) in [5, 5.41) is 14.2. The Bertz CT molecular complexity index is 1330. The molecule has 7 heteroatoms. The van der Waals surface area contributed by atoms with Crippen LogP contribution < -0.4 is 11.0 Å². The van der Waals surface area contributed by atoms with Gasteiger partial charge in [0.25, 0.3) is 11.5 Å². The zero-order chi connectivity index (χ0) is 21.8. The summed E-state index contributed by atoms with van der Waals surface area (Å²) in [5.41, 5.74) is 3.88. The lowest BCUT2D eigenvalue weighted by atomic mass is 10.1. The van der Waals surface area contributed by atoms with E-state index in [4.69, 9.17) is 0 Å². The zero-order valence-corrected chi connectivity index (χ0v) is 16.8. The number of hydrazone groups is 1. The fourth-order valence-electron chi connectivity index (χ4n) is 3.27. The molecule has 7 nitrogen and oxygen atoms in total. The molecular formula is C24H20N4O3. The van der Waals surface area contributed by atoms with Gasteiger partial charge in [0.15, 0.2) is 0 Å². The molecule has 0 saturated heterocycles. The minimum Gasteiger partial charge on any atom is -0.507 e. The molecule has 1 atom stereocenters. The normalized spacial score (nSPS) is 12.2. The number of amides is 1. The molecule has 2 N–H and O–H groups in total. The number of rotatable bonds is 5. The second-order valence-corrected chi connectivity index (χ2v) is 6.96. The van der Waals surface area contributed by atoms with Gasteiger partial charge in [0.2, 0.25) is 0 Å². The van der Waals surface area contributed by atoms with Gasteiger partial charge in [-0.05, 0) is 31.2 Å². The van der Waals surface area contributed by atoms with Crippen molar-refractivity contribution in [2.75, 3.05) is 0 Å². The van der Waals surface area contributed by atoms with Crippen LogP contribution in [-0.4, -0.2) is 26.8 Å². The lowest BCUT2D eigenvalue weighted by Crippen LogP contribution is -2.35. The molecule has 0 fully saturated rings. The molecule has 154 valence electrons. The lowest BCUT2D eigenvalue weighted by Gasteiger charge is -2.18. The van der Waals surface area contributed by atoms with Gasteiger partial charge in [0.1, 0.15) is 17.6 Å². The first-order valence-corrected chi connectivity index (χ1v) is 9.74. The number of hydrogen-bond acceptors (Lipinski definition) is 5. The van der Waals surface area contributed by atoms with Gasteiger partial charge in [-0.2, -0.15) is 5.10 Å². The lowest BCUT2D eigenvalue weighted by molar-refractivity contribution is -0.123. The van der Waals surface area contributed by atoms with Crippen molar-refractivity contribution in [1.29, 1.82) is 0 Å². The fraction of sp³-hybridized carbons (Fsp3) is 0.0833. The average Bonchev–Trinajstić information content (AvgIpc) is 2.80. The number of phenolic OH excluding ortho intramolecular Hbond substituents is 1. The number of hydrogen-bond donors (Lipinski definition) is 2.